The van der Waals surface area contributed by atoms with Crippen molar-refractivity contribution in [3.05, 3.63) is 41.0 Å². The van der Waals surface area contributed by atoms with Crippen molar-refractivity contribution in [3.8, 4) is 11.3 Å². The van der Waals surface area contributed by atoms with Crippen molar-refractivity contribution in [2.75, 3.05) is 13.2 Å². The lowest BCUT2D eigenvalue weighted by Crippen LogP contribution is -2.50. The van der Waals surface area contributed by atoms with Gasteiger partial charge in [0.1, 0.15) is 12.2 Å². The van der Waals surface area contributed by atoms with Gasteiger partial charge in [-0.1, -0.05) is 37.1 Å². The van der Waals surface area contributed by atoms with E-state index < -0.39 is 0 Å². The van der Waals surface area contributed by atoms with E-state index in [9.17, 15) is 9.59 Å². The summed E-state index contributed by atoms with van der Waals surface area (Å²) in [6, 6.07) is 9.05. The van der Waals surface area contributed by atoms with Gasteiger partial charge in [0.15, 0.2) is 0 Å². The molecule has 0 bridgehead atoms. The molecule has 7 heteroatoms. The molecule has 138 valence electrons. The minimum Gasteiger partial charge on any atom is -0.465 e. The lowest BCUT2D eigenvalue weighted by molar-refractivity contribution is -0.144. The lowest BCUT2D eigenvalue weighted by atomic mass is 10.1. The summed E-state index contributed by atoms with van der Waals surface area (Å²) < 4.78 is 6.77. The quantitative estimate of drug-likeness (QED) is 0.726. The van der Waals surface area contributed by atoms with Gasteiger partial charge in [-0.25, -0.2) is 0 Å². The van der Waals surface area contributed by atoms with Crippen molar-refractivity contribution in [2.24, 2.45) is 0 Å². The second-order valence-electron chi connectivity index (χ2n) is 6.28. The third-order valence-electron chi connectivity index (χ3n) is 4.45. The SMILES string of the molecule is CCC[C@H]1Cn2nc(-c3ccc(Cl)cc3)cc2C(=O)N1CC(=O)OCC. The highest BCUT2D eigenvalue weighted by Crippen LogP contribution is 2.26. The summed E-state index contributed by atoms with van der Waals surface area (Å²) in [4.78, 5) is 26.5. The van der Waals surface area contributed by atoms with Crippen molar-refractivity contribution >= 4 is 23.5 Å². The maximum absolute atomic E-state index is 13.0. The van der Waals surface area contributed by atoms with Crippen molar-refractivity contribution in [1.82, 2.24) is 14.7 Å². The first-order valence-corrected chi connectivity index (χ1v) is 9.21. The Balaban J connectivity index is 1.90. The van der Waals surface area contributed by atoms with Crippen LogP contribution in [0.4, 0.5) is 0 Å². The van der Waals surface area contributed by atoms with Crippen LogP contribution in [0.3, 0.4) is 0 Å². The van der Waals surface area contributed by atoms with Crippen LogP contribution in [0.5, 0.6) is 0 Å². The van der Waals surface area contributed by atoms with Crippen LogP contribution >= 0.6 is 11.6 Å². The third-order valence-corrected chi connectivity index (χ3v) is 4.70. The molecule has 2 heterocycles. The predicted molar refractivity (Wildman–Crippen MR) is 99.0 cm³/mol. The van der Waals surface area contributed by atoms with E-state index in [0.29, 0.717) is 23.9 Å². The van der Waals surface area contributed by atoms with E-state index in [1.54, 1.807) is 34.7 Å². The molecule has 1 amide bonds. The number of hydrogen-bond donors (Lipinski definition) is 0. The first kappa shape index (κ1) is 18.5. The molecule has 6 nitrogen and oxygen atoms in total. The highest BCUT2D eigenvalue weighted by atomic mass is 35.5. The minimum atomic E-state index is -0.382. The Labute approximate surface area is 157 Å². The van der Waals surface area contributed by atoms with E-state index in [0.717, 1.165) is 24.1 Å². The van der Waals surface area contributed by atoms with Crippen LogP contribution in [0.2, 0.25) is 5.02 Å². The van der Waals surface area contributed by atoms with Gasteiger partial charge in [0.05, 0.1) is 24.9 Å². The number of aromatic nitrogens is 2. The van der Waals surface area contributed by atoms with E-state index in [1.165, 1.54) is 0 Å². The normalized spacial score (nSPS) is 16.5. The highest BCUT2D eigenvalue weighted by Gasteiger charge is 2.34. The van der Waals surface area contributed by atoms with Gasteiger partial charge in [0.25, 0.3) is 5.91 Å². The molecule has 0 radical (unpaired) electrons. The summed E-state index contributed by atoms with van der Waals surface area (Å²) in [5, 5.41) is 5.24. The molecule has 1 aromatic carbocycles. The molecule has 0 unspecified atom stereocenters. The minimum absolute atomic E-state index is 0.0290. The molecule has 0 spiro atoms. The molecular formula is C19H22ClN3O3. The van der Waals surface area contributed by atoms with E-state index in [1.807, 2.05) is 12.1 Å². The monoisotopic (exact) mass is 375 g/mol. The Bertz CT molecular complexity index is 801. The maximum atomic E-state index is 13.0. The number of rotatable bonds is 6. The molecule has 0 fully saturated rings. The number of benzene rings is 1. The lowest BCUT2D eigenvalue weighted by Gasteiger charge is -2.35. The second kappa shape index (κ2) is 7.91. The zero-order valence-electron chi connectivity index (χ0n) is 14.9. The van der Waals surface area contributed by atoms with Crippen LogP contribution in [0.25, 0.3) is 11.3 Å². The summed E-state index contributed by atoms with van der Waals surface area (Å²) in [6.07, 6.45) is 1.72. The Morgan fingerprint density at radius 1 is 1.31 bits per heavy atom. The van der Waals surface area contributed by atoms with Gasteiger partial charge in [-0.05, 0) is 31.5 Å². The smallest absolute Gasteiger partial charge is 0.325 e. The summed E-state index contributed by atoms with van der Waals surface area (Å²) in [5.41, 5.74) is 2.11. The van der Waals surface area contributed by atoms with Crippen LogP contribution in [-0.4, -0.2) is 45.8 Å². The molecule has 1 aromatic heterocycles. The summed E-state index contributed by atoms with van der Waals surface area (Å²) in [5.74, 6) is -0.566. The fourth-order valence-electron chi connectivity index (χ4n) is 3.23. The Kier molecular flexibility index (Phi) is 5.61. The molecular weight excluding hydrogens is 354 g/mol. The average molecular weight is 376 g/mol. The molecule has 26 heavy (non-hydrogen) atoms. The first-order valence-electron chi connectivity index (χ1n) is 8.83. The molecule has 0 aliphatic carbocycles. The number of hydrogen-bond acceptors (Lipinski definition) is 4. The zero-order chi connectivity index (χ0) is 18.7. The molecule has 1 atom stereocenters. The number of amides is 1. The predicted octanol–water partition coefficient (Wildman–Crippen LogP) is 3.39. The standard InChI is InChI=1S/C19H22ClN3O3/c1-3-5-15-11-23-17(19(25)22(15)12-18(24)26-4-2)10-16(21-23)13-6-8-14(20)9-7-13/h6-10,15H,3-5,11-12H2,1-2H3/t15-/m0/s1. The fourth-order valence-corrected chi connectivity index (χ4v) is 3.35. The van der Waals surface area contributed by atoms with Crippen LogP contribution in [0, 0.1) is 0 Å². The topological polar surface area (TPSA) is 64.4 Å². The zero-order valence-corrected chi connectivity index (χ0v) is 15.7. The molecule has 2 aromatic rings. The van der Waals surface area contributed by atoms with Gasteiger partial charge in [-0.15, -0.1) is 0 Å². The van der Waals surface area contributed by atoms with Gasteiger partial charge < -0.3 is 9.64 Å². The number of esters is 1. The highest BCUT2D eigenvalue weighted by molar-refractivity contribution is 6.30. The maximum Gasteiger partial charge on any atom is 0.325 e. The number of fused-ring (bicyclic) bond motifs is 1. The number of nitrogens with zero attached hydrogens (tertiary/aromatic N) is 3. The largest absolute Gasteiger partial charge is 0.465 e. The van der Waals surface area contributed by atoms with E-state index in [4.69, 9.17) is 16.3 Å². The van der Waals surface area contributed by atoms with E-state index in [2.05, 4.69) is 12.0 Å². The third kappa shape index (κ3) is 3.75. The number of carbonyl (C=O) groups is 2. The molecule has 0 saturated carbocycles. The fraction of sp³-hybridized carbons (Fsp3) is 0.421. The molecule has 3 rings (SSSR count). The van der Waals surface area contributed by atoms with Gasteiger partial charge in [0.2, 0.25) is 0 Å². The van der Waals surface area contributed by atoms with E-state index >= 15 is 0 Å². The summed E-state index contributed by atoms with van der Waals surface area (Å²) in [7, 11) is 0. The Morgan fingerprint density at radius 3 is 2.69 bits per heavy atom. The summed E-state index contributed by atoms with van der Waals surface area (Å²) >= 11 is 5.94. The van der Waals surface area contributed by atoms with Crippen molar-refractivity contribution in [3.63, 3.8) is 0 Å². The van der Waals surface area contributed by atoms with Gasteiger partial charge in [0, 0.05) is 10.6 Å². The van der Waals surface area contributed by atoms with Gasteiger partial charge >= 0.3 is 5.97 Å². The molecule has 0 saturated heterocycles. The Hall–Kier alpha value is -2.34. The van der Waals surface area contributed by atoms with Crippen molar-refractivity contribution in [1.29, 1.82) is 0 Å². The van der Waals surface area contributed by atoms with Crippen LogP contribution in [0.15, 0.2) is 30.3 Å². The first-order chi connectivity index (χ1) is 12.5. The van der Waals surface area contributed by atoms with Crippen molar-refractivity contribution < 1.29 is 14.3 Å². The number of carbonyl (C=O) groups excluding carboxylic acids is 2. The van der Waals surface area contributed by atoms with Crippen molar-refractivity contribution in [2.45, 2.75) is 39.3 Å². The van der Waals surface area contributed by atoms with E-state index in [-0.39, 0.29) is 24.5 Å². The van der Waals surface area contributed by atoms with Gasteiger partial charge in [-0.3, -0.25) is 14.3 Å². The Morgan fingerprint density at radius 2 is 2.04 bits per heavy atom. The second-order valence-corrected chi connectivity index (χ2v) is 6.72. The van der Waals surface area contributed by atoms with Gasteiger partial charge in [-0.2, -0.15) is 5.10 Å². The summed E-state index contributed by atoms with van der Waals surface area (Å²) in [6.45, 7) is 4.66. The molecule has 1 aliphatic heterocycles. The number of ether oxygens (including phenoxy) is 1. The number of halogens is 1. The average Bonchev–Trinajstić information content (AvgIpc) is 3.04. The van der Waals surface area contributed by atoms with Crippen LogP contribution < -0.4 is 0 Å². The molecule has 0 N–H and O–H groups in total. The van der Waals surface area contributed by atoms with Crippen LogP contribution in [-0.2, 0) is 16.1 Å². The van der Waals surface area contributed by atoms with Crippen LogP contribution in [0.1, 0.15) is 37.2 Å². The molecule has 1 aliphatic rings.